The van der Waals surface area contributed by atoms with Crippen LogP contribution in [0.4, 0.5) is 0 Å². The van der Waals surface area contributed by atoms with Crippen molar-refractivity contribution in [3.63, 3.8) is 0 Å². The molecule has 0 bridgehead atoms. The van der Waals surface area contributed by atoms with Gasteiger partial charge in [-0.1, -0.05) is 13.8 Å². The van der Waals surface area contributed by atoms with Gasteiger partial charge in [-0.2, -0.15) is 0 Å². The Morgan fingerprint density at radius 2 is 1.83 bits per heavy atom. The molecule has 23 heavy (non-hydrogen) atoms. The van der Waals surface area contributed by atoms with Gasteiger partial charge in [-0.3, -0.25) is 4.99 Å². The van der Waals surface area contributed by atoms with Gasteiger partial charge in [0.05, 0.1) is 6.54 Å². The molecule has 2 aliphatic rings. The van der Waals surface area contributed by atoms with E-state index in [1.165, 1.54) is 6.42 Å². The van der Waals surface area contributed by atoms with Crippen molar-refractivity contribution in [3.8, 4) is 0 Å². The van der Waals surface area contributed by atoms with Crippen LogP contribution in [0.2, 0.25) is 0 Å². The van der Waals surface area contributed by atoms with E-state index in [-0.39, 0.29) is 5.54 Å². The van der Waals surface area contributed by atoms with Crippen LogP contribution in [0.3, 0.4) is 0 Å². The van der Waals surface area contributed by atoms with E-state index in [0.29, 0.717) is 0 Å². The molecule has 2 aliphatic heterocycles. The molecule has 2 saturated heterocycles. The second kappa shape index (κ2) is 8.34. The number of piperidine rings is 1. The molecule has 2 atom stereocenters. The van der Waals surface area contributed by atoms with Gasteiger partial charge in [0.1, 0.15) is 0 Å². The molecule has 2 rings (SSSR count). The second-order valence-electron chi connectivity index (χ2n) is 7.75. The van der Waals surface area contributed by atoms with Crippen molar-refractivity contribution in [3.05, 3.63) is 0 Å². The maximum atomic E-state index is 5.57. The minimum absolute atomic E-state index is 0.145. The lowest BCUT2D eigenvalue weighted by Gasteiger charge is -2.42. The molecule has 0 aromatic carbocycles. The number of aliphatic imine (C=N–C) groups is 1. The Morgan fingerprint density at radius 1 is 1.22 bits per heavy atom. The smallest absolute Gasteiger partial charge is 0.193 e. The highest BCUT2D eigenvalue weighted by Gasteiger charge is 2.35. The Labute approximate surface area is 142 Å². The summed E-state index contributed by atoms with van der Waals surface area (Å²) in [5, 5.41) is 3.52. The average molecular weight is 325 g/mol. The number of hydrogen-bond acceptors (Lipinski definition) is 3. The molecule has 0 spiro atoms. The van der Waals surface area contributed by atoms with E-state index in [1.54, 1.807) is 0 Å². The van der Waals surface area contributed by atoms with E-state index < -0.39 is 0 Å². The minimum Gasteiger partial charge on any atom is -0.381 e. The van der Waals surface area contributed by atoms with Gasteiger partial charge < -0.3 is 19.9 Å². The van der Waals surface area contributed by atoms with Crippen LogP contribution in [-0.2, 0) is 4.74 Å². The standard InChI is InChI=1S/C18H36N4O/c1-6-19-17(22-12-15(2)11-16(3)13-22)20-14-18(21(4)5)7-9-23-10-8-18/h15-16H,6-14H2,1-5H3,(H,19,20). The van der Waals surface area contributed by atoms with Gasteiger partial charge in [0.2, 0.25) is 0 Å². The molecule has 0 aromatic heterocycles. The molecule has 0 aromatic rings. The van der Waals surface area contributed by atoms with Crippen LogP contribution in [0.5, 0.6) is 0 Å². The van der Waals surface area contributed by atoms with E-state index in [2.05, 4.69) is 50.0 Å². The summed E-state index contributed by atoms with van der Waals surface area (Å²) in [4.78, 5) is 9.87. The number of likely N-dealkylation sites (tertiary alicyclic amines) is 1. The Bertz CT molecular complexity index is 380. The van der Waals surface area contributed by atoms with Crippen LogP contribution >= 0.6 is 0 Å². The molecule has 0 saturated carbocycles. The predicted octanol–water partition coefficient (Wildman–Crippen LogP) is 2.04. The molecule has 0 radical (unpaired) electrons. The van der Waals surface area contributed by atoms with Gasteiger partial charge >= 0.3 is 0 Å². The number of rotatable bonds is 4. The van der Waals surface area contributed by atoms with Gasteiger partial charge in [-0.15, -0.1) is 0 Å². The third-order valence-corrected chi connectivity index (χ3v) is 5.40. The van der Waals surface area contributed by atoms with E-state index in [1.807, 2.05) is 0 Å². The fraction of sp³-hybridized carbons (Fsp3) is 0.944. The quantitative estimate of drug-likeness (QED) is 0.635. The van der Waals surface area contributed by atoms with Crippen LogP contribution in [0.15, 0.2) is 4.99 Å². The summed E-state index contributed by atoms with van der Waals surface area (Å²) in [5.74, 6) is 2.58. The van der Waals surface area contributed by atoms with Crippen LogP contribution in [0.25, 0.3) is 0 Å². The van der Waals surface area contributed by atoms with Gasteiger partial charge in [-0.25, -0.2) is 0 Å². The number of guanidine groups is 1. The number of ether oxygens (including phenoxy) is 1. The fourth-order valence-corrected chi connectivity index (χ4v) is 3.98. The van der Waals surface area contributed by atoms with Gasteiger partial charge in [0.15, 0.2) is 5.96 Å². The monoisotopic (exact) mass is 324 g/mol. The van der Waals surface area contributed by atoms with Crippen molar-refractivity contribution in [1.82, 2.24) is 15.1 Å². The Kier molecular flexibility index (Phi) is 6.72. The topological polar surface area (TPSA) is 40.1 Å². The molecular formula is C18H36N4O. The molecule has 5 heteroatoms. The first kappa shape index (κ1) is 18.5. The molecule has 0 amide bonds. The summed E-state index contributed by atoms with van der Waals surface area (Å²) in [7, 11) is 4.36. The number of nitrogens with zero attached hydrogens (tertiary/aromatic N) is 3. The first-order valence-corrected chi connectivity index (χ1v) is 9.25. The molecule has 2 heterocycles. The van der Waals surface area contributed by atoms with Crippen molar-refractivity contribution in [1.29, 1.82) is 0 Å². The van der Waals surface area contributed by atoms with Crippen LogP contribution in [-0.4, -0.2) is 74.8 Å². The SMILES string of the molecule is CCNC(=NCC1(N(C)C)CCOCC1)N1CC(C)CC(C)C1. The third-order valence-electron chi connectivity index (χ3n) is 5.40. The first-order chi connectivity index (χ1) is 11.0. The summed E-state index contributed by atoms with van der Waals surface area (Å²) >= 11 is 0. The zero-order valence-electron chi connectivity index (χ0n) is 15.8. The van der Waals surface area contributed by atoms with E-state index in [4.69, 9.17) is 9.73 Å². The average Bonchev–Trinajstić information content (AvgIpc) is 2.51. The lowest BCUT2D eigenvalue weighted by molar-refractivity contribution is -0.00268. The van der Waals surface area contributed by atoms with Crippen molar-refractivity contribution < 1.29 is 4.74 Å². The number of nitrogens with one attached hydrogen (secondary N) is 1. The van der Waals surface area contributed by atoms with Crippen molar-refractivity contribution in [2.45, 2.75) is 45.6 Å². The first-order valence-electron chi connectivity index (χ1n) is 9.25. The lowest BCUT2D eigenvalue weighted by Crippen LogP contribution is -2.53. The molecular weight excluding hydrogens is 288 g/mol. The highest BCUT2D eigenvalue weighted by molar-refractivity contribution is 5.80. The fourth-order valence-electron chi connectivity index (χ4n) is 3.98. The molecule has 2 unspecified atom stereocenters. The Hall–Kier alpha value is -0.810. The maximum absolute atomic E-state index is 5.57. The number of hydrogen-bond donors (Lipinski definition) is 1. The highest BCUT2D eigenvalue weighted by Crippen LogP contribution is 2.27. The summed E-state index contributed by atoms with van der Waals surface area (Å²) in [6, 6.07) is 0. The maximum Gasteiger partial charge on any atom is 0.193 e. The lowest BCUT2D eigenvalue weighted by atomic mass is 9.89. The van der Waals surface area contributed by atoms with E-state index >= 15 is 0 Å². The van der Waals surface area contributed by atoms with Gasteiger partial charge in [0, 0.05) is 38.4 Å². The van der Waals surface area contributed by atoms with E-state index in [9.17, 15) is 0 Å². The van der Waals surface area contributed by atoms with Gasteiger partial charge in [-0.05, 0) is 52.1 Å². The third kappa shape index (κ3) is 4.83. The normalized spacial score (nSPS) is 29.0. The van der Waals surface area contributed by atoms with Gasteiger partial charge in [0.25, 0.3) is 0 Å². The molecule has 5 nitrogen and oxygen atoms in total. The zero-order chi connectivity index (χ0) is 16.9. The van der Waals surface area contributed by atoms with Crippen LogP contribution in [0, 0.1) is 11.8 Å². The Morgan fingerprint density at radius 3 is 2.35 bits per heavy atom. The zero-order valence-corrected chi connectivity index (χ0v) is 15.8. The summed E-state index contributed by atoms with van der Waals surface area (Å²) < 4.78 is 5.57. The highest BCUT2D eigenvalue weighted by atomic mass is 16.5. The van der Waals surface area contributed by atoms with Crippen LogP contribution in [0.1, 0.15) is 40.0 Å². The number of likely N-dealkylation sites (N-methyl/N-ethyl adjacent to an activating group) is 1. The summed E-state index contributed by atoms with van der Waals surface area (Å²) in [5.41, 5.74) is 0.145. The largest absolute Gasteiger partial charge is 0.381 e. The summed E-state index contributed by atoms with van der Waals surface area (Å²) in [6.07, 6.45) is 3.46. The van der Waals surface area contributed by atoms with Crippen molar-refractivity contribution in [2.24, 2.45) is 16.8 Å². The van der Waals surface area contributed by atoms with Crippen LogP contribution < -0.4 is 5.32 Å². The molecule has 0 aliphatic carbocycles. The Balaban J connectivity index is 2.10. The predicted molar refractivity (Wildman–Crippen MR) is 97.0 cm³/mol. The molecule has 2 fully saturated rings. The second-order valence-corrected chi connectivity index (χ2v) is 7.75. The minimum atomic E-state index is 0.145. The molecule has 1 N–H and O–H groups in total. The summed E-state index contributed by atoms with van der Waals surface area (Å²) in [6.45, 7) is 12.6. The molecule has 134 valence electrons. The van der Waals surface area contributed by atoms with Crippen molar-refractivity contribution >= 4 is 5.96 Å². The van der Waals surface area contributed by atoms with E-state index in [0.717, 1.165) is 70.0 Å². The van der Waals surface area contributed by atoms with Crippen molar-refractivity contribution in [2.75, 3.05) is 53.5 Å².